The molecule has 0 aromatic rings. The monoisotopic (exact) mass is 352 g/mol. The second-order valence-electron chi connectivity index (χ2n) is 7.50. The summed E-state index contributed by atoms with van der Waals surface area (Å²) in [4.78, 5) is 23.0. The topological polar surface area (TPSA) is 52.6 Å². The molecule has 1 saturated carbocycles. The molecule has 0 aromatic heterocycles. The summed E-state index contributed by atoms with van der Waals surface area (Å²) in [6.07, 6.45) is -4.08. The smallest absolute Gasteiger partial charge is 0.425 e. The van der Waals surface area contributed by atoms with E-state index >= 15 is 0 Å². The average molecular weight is 352 g/mol. The summed E-state index contributed by atoms with van der Waals surface area (Å²) in [7, 11) is 0. The molecule has 0 heterocycles. The summed E-state index contributed by atoms with van der Waals surface area (Å²) in [5.74, 6) is -1.02. The predicted octanol–water partition coefficient (Wildman–Crippen LogP) is 4.41. The fourth-order valence-corrected chi connectivity index (χ4v) is 2.82. The molecule has 140 valence electrons. The maximum atomic E-state index is 12.3. The highest BCUT2D eigenvalue weighted by Gasteiger charge is 2.39. The molecule has 1 aliphatic carbocycles. The molecule has 0 radical (unpaired) electrons. The van der Waals surface area contributed by atoms with Crippen molar-refractivity contribution in [1.29, 1.82) is 0 Å². The normalized spacial score (nSPS) is 23.5. The number of carbonyl (C=O) groups excluding carboxylic acids is 2. The number of ether oxygens (including phenoxy) is 2. The van der Waals surface area contributed by atoms with Crippen LogP contribution in [0.3, 0.4) is 0 Å². The van der Waals surface area contributed by atoms with Gasteiger partial charge in [0.15, 0.2) is 6.10 Å². The van der Waals surface area contributed by atoms with Crippen molar-refractivity contribution in [3.05, 3.63) is 0 Å². The Balaban J connectivity index is 2.27. The number of carbonyl (C=O) groups is 2. The van der Waals surface area contributed by atoms with Crippen molar-refractivity contribution < 1.29 is 32.2 Å². The Kier molecular flexibility index (Phi) is 7.10. The van der Waals surface area contributed by atoms with Crippen LogP contribution >= 0.6 is 0 Å². The van der Waals surface area contributed by atoms with Crippen LogP contribution in [0, 0.1) is 11.3 Å². The summed E-state index contributed by atoms with van der Waals surface area (Å²) >= 11 is 0. The second kappa shape index (κ2) is 8.21. The predicted molar refractivity (Wildman–Crippen MR) is 82.1 cm³/mol. The number of rotatable bonds is 5. The minimum Gasteiger partial charge on any atom is -0.462 e. The molecule has 4 nitrogen and oxygen atoms in total. The van der Waals surface area contributed by atoms with E-state index in [0.29, 0.717) is 5.92 Å². The Hall–Kier alpha value is -1.27. The Labute approximate surface area is 141 Å². The lowest BCUT2D eigenvalue weighted by Gasteiger charge is -2.36. The van der Waals surface area contributed by atoms with Crippen LogP contribution in [0.5, 0.6) is 0 Å². The maximum Gasteiger partial charge on any atom is 0.425 e. The van der Waals surface area contributed by atoms with E-state index in [1.165, 1.54) is 0 Å². The van der Waals surface area contributed by atoms with Crippen molar-refractivity contribution in [1.82, 2.24) is 0 Å². The standard InChI is InChI=1S/C17H27F3O4/c1-11(17(18,19)20)23-14(21)9-10-15(22)24-13-7-5-12(6-8-13)16(2,3)4/h11-13H,5-10H2,1-4H3. The average Bonchev–Trinajstić information content (AvgIpc) is 2.43. The molecular weight excluding hydrogens is 325 g/mol. The number of hydrogen-bond donors (Lipinski definition) is 0. The molecule has 1 atom stereocenters. The molecule has 0 saturated heterocycles. The fourth-order valence-electron chi connectivity index (χ4n) is 2.82. The summed E-state index contributed by atoms with van der Waals surface area (Å²) in [6, 6.07) is 0. The first-order valence-electron chi connectivity index (χ1n) is 8.35. The number of halogens is 3. The van der Waals surface area contributed by atoms with E-state index < -0.39 is 30.6 Å². The van der Waals surface area contributed by atoms with Gasteiger partial charge in [0, 0.05) is 0 Å². The van der Waals surface area contributed by atoms with Gasteiger partial charge in [0.05, 0.1) is 12.8 Å². The van der Waals surface area contributed by atoms with Crippen molar-refractivity contribution in [3.63, 3.8) is 0 Å². The van der Waals surface area contributed by atoms with Gasteiger partial charge in [0.2, 0.25) is 0 Å². The van der Waals surface area contributed by atoms with Gasteiger partial charge in [-0.1, -0.05) is 20.8 Å². The molecule has 0 spiro atoms. The molecular formula is C17H27F3O4. The van der Waals surface area contributed by atoms with E-state index in [0.717, 1.165) is 32.6 Å². The van der Waals surface area contributed by atoms with E-state index in [1.807, 2.05) is 0 Å². The van der Waals surface area contributed by atoms with Gasteiger partial charge in [0.25, 0.3) is 0 Å². The van der Waals surface area contributed by atoms with Crippen molar-refractivity contribution in [3.8, 4) is 0 Å². The van der Waals surface area contributed by atoms with Crippen LogP contribution in [0.1, 0.15) is 66.2 Å². The van der Waals surface area contributed by atoms with Gasteiger partial charge in [-0.25, -0.2) is 0 Å². The lowest BCUT2D eigenvalue weighted by Crippen LogP contribution is -2.31. The van der Waals surface area contributed by atoms with Crippen LogP contribution in [0.25, 0.3) is 0 Å². The Bertz CT molecular complexity index is 432. The molecule has 1 rings (SSSR count). The third-order valence-corrected chi connectivity index (χ3v) is 4.50. The first-order valence-corrected chi connectivity index (χ1v) is 8.35. The largest absolute Gasteiger partial charge is 0.462 e. The van der Waals surface area contributed by atoms with E-state index in [2.05, 4.69) is 25.5 Å². The van der Waals surface area contributed by atoms with E-state index in [9.17, 15) is 22.8 Å². The van der Waals surface area contributed by atoms with Gasteiger partial charge in [-0.15, -0.1) is 0 Å². The number of esters is 2. The molecule has 0 N–H and O–H groups in total. The molecule has 0 amide bonds. The molecule has 1 fully saturated rings. The van der Waals surface area contributed by atoms with Crippen LogP contribution in [-0.2, 0) is 19.1 Å². The van der Waals surface area contributed by atoms with Crippen molar-refractivity contribution >= 4 is 11.9 Å². The highest BCUT2D eigenvalue weighted by molar-refractivity contribution is 5.77. The first kappa shape index (κ1) is 20.8. The van der Waals surface area contributed by atoms with Crippen molar-refractivity contribution in [2.24, 2.45) is 11.3 Å². The summed E-state index contributed by atoms with van der Waals surface area (Å²) in [6.45, 7) is 7.33. The van der Waals surface area contributed by atoms with Gasteiger partial charge < -0.3 is 9.47 Å². The summed E-state index contributed by atoms with van der Waals surface area (Å²) in [5, 5.41) is 0. The third-order valence-electron chi connectivity index (χ3n) is 4.50. The number of alkyl halides is 3. The lowest BCUT2D eigenvalue weighted by atomic mass is 9.72. The molecule has 24 heavy (non-hydrogen) atoms. The van der Waals surface area contributed by atoms with E-state index in [4.69, 9.17) is 4.74 Å². The summed E-state index contributed by atoms with van der Waals surface area (Å²) in [5.41, 5.74) is 0.230. The van der Waals surface area contributed by atoms with Crippen LogP contribution in [0.4, 0.5) is 13.2 Å². The molecule has 0 aromatic carbocycles. The maximum absolute atomic E-state index is 12.3. The molecule has 1 aliphatic rings. The van der Waals surface area contributed by atoms with Crippen LogP contribution < -0.4 is 0 Å². The molecule has 1 unspecified atom stereocenters. The third kappa shape index (κ3) is 7.09. The van der Waals surface area contributed by atoms with Gasteiger partial charge in [-0.05, 0) is 43.9 Å². The van der Waals surface area contributed by atoms with Gasteiger partial charge >= 0.3 is 18.1 Å². The Morgan fingerprint density at radius 2 is 1.50 bits per heavy atom. The first-order chi connectivity index (χ1) is 10.9. The molecule has 0 aliphatic heterocycles. The Morgan fingerprint density at radius 1 is 1.00 bits per heavy atom. The molecule has 7 heteroatoms. The highest BCUT2D eigenvalue weighted by Crippen LogP contribution is 2.38. The van der Waals surface area contributed by atoms with Crippen molar-refractivity contribution in [2.75, 3.05) is 0 Å². The van der Waals surface area contributed by atoms with E-state index in [1.54, 1.807) is 0 Å². The minimum absolute atomic E-state index is 0.166. The minimum atomic E-state index is -4.60. The number of hydrogen-bond acceptors (Lipinski definition) is 4. The fraction of sp³-hybridized carbons (Fsp3) is 0.882. The van der Waals surface area contributed by atoms with Gasteiger partial charge in [-0.2, -0.15) is 13.2 Å². The Morgan fingerprint density at radius 3 is 1.96 bits per heavy atom. The highest BCUT2D eigenvalue weighted by atomic mass is 19.4. The molecule has 0 bridgehead atoms. The van der Waals surface area contributed by atoms with Gasteiger partial charge in [0.1, 0.15) is 6.10 Å². The SMILES string of the molecule is CC(OC(=O)CCC(=O)OC1CCC(C(C)(C)C)CC1)C(F)(F)F. The van der Waals surface area contributed by atoms with Crippen LogP contribution in [-0.4, -0.2) is 30.3 Å². The quantitative estimate of drug-likeness (QED) is 0.688. The van der Waals surface area contributed by atoms with E-state index in [-0.39, 0.29) is 17.9 Å². The zero-order chi connectivity index (χ0) is 18.5. The second-order valence-corrected chi connectivity index (χ2v) is 7.50. The lowest BCUT2D eigenvalue weighted by molar-refractivity contribution is -0.216. The van der Waals surface area contributed by atoms with Crippen LogP contribution in [0.2, 0.25) is 0 Å². The van der Waals surface area contributed by atoms with Crippen LogP contribution in [0.15, 0.2) is 0 Å². The summed E-state index contributed by atoms with van der Waals surface area (Å²) < 4.78 is 46.3. The van der Waals surface area contributed by atoms with Crippen molar-refractivity contribution in [2.45, 2.75) is 84.6 Å². The van der Waals surface area contributed by atoms with Gasteiger partial charge in [-0.3, -0.25) is 9.59 Å². The zero-order valence-corrected chi connectivity index (χ0v) is 14.7. The zero-order valence-electron chi connectivity index (χ0n) is 14.7.